The molecule has 1 saturated heterocycles. The number of aromatic hydroxyl groups is 1. The van der Waals surface area contributed by atoms with E-state index in [9.17, 15) is 40.5 Å². The Bertz CT molecular complexity index is 1970. The van der Waals surface area contributed by atoms with E-state index in [1.54, 1.807) is 36.4 Å². The van der Waals surface area contributed by atoms with E-state index in [4.69, 9.17) is 29.1 Å². The third-order valence-electron chi connectivity index (χ3n) is 9.21. The number of methoxy groups -OCH3 is 1. The molecule has 0 radical (unpaired) electrons. The monoisotopic (exact) mass is 705 g/mol. The van der Waals surface area contributed by atoms with Gasteiger partial charge in [-0.1, -0.05) is 18.2 Å². The highest BCUT2D eigenvalue weighted by Gasteiger charge is 2.69. The number of hydrogen-bond acceptors (Lipinski definition) is 14. The molecule has 0 amide bonds. The molecule has 4 heterocycles. The summed E-state index contributed by atoms with van der Waals surface area (Å²) in [7, 11) is 1.19. The summed E-state index contributed by atoms with van der Waals surface area (Å²) in [6.07, 6.45) is 0.0281. The first-order valence-electron chi connectivity index (χ1n) is 15.6. The molecule has 266 valence electrons. The number of aliphatic hydroxyl groups excluding tert-OH is 3. The highest BCUT2D eigenvalue weighted by atomic mass is 16.7. The Morgan fingerprint density at radius 2 is 1.94 bits per heavy atom. The third kappa shape index (κ3) is 5.60. The highest BCUT2D eigenvalue weighted by molar-refractivity contribution is 6.14. The maximum absolute atomic E-state index is 12.4. The third-order valence-corrected chi connectivity index (χ3v) is 9.21. The molecule has 17 heteroatoms. The van der Waals surface area contributed by atoms with Gasteiger partial charge in [-0.05, 0) is 34.8 Å². The first-order valence-corrected chi connectivity index (χ1v) is 15.6. The van der Waals surface area contributed by atoms with E-state index in [-0.39, 0.29) is 53.3 Å². The number of rotatable bonds is 10. The zero-order valence-corrected chi connectivity index (χ0v) is 26.7. The van der Waals surface area contributed by atoms with Gasteiger partial charge in [0.05, 0.1) is 25.3 Å². The largest absolute Gasteiger partial charge is 0.507 e. The lowest BCUT2D eigenvalue weighted by atomic mass is 9.64. The molecule has 0 saturated carbocycles. The summed E-state index contributed by atoms with van der Waals surface area (Å²) in [4.78, 5) is 24.5. The number of aliphatic imine (C=N–C) groups is 3. The minimum Gasteiger partial charge on any atom is -0.507 e. The average molecular weight is 706 g/mol. The number of nitrogens with two attached hydrogens (primary N) is 1. The van der Waals surface area contributed by atoms with E-state index in [1.165, 1.54) is 31.7 Å². The second-order valence-corrected chi connectivity index (χ2v) is 12.3. The van der Waals surface area contributed by atoms with E-state index in [1.807, 2.05) is 0 Å². The Balaban J connectivity index is 1.14. The van der Waals surface area contributed by atoms with E-state index < -0.39 is 59.5 Å². The number of hydrogen-bond donors (Lipinski definition) is 8. The van der Waals surface area contributed by atoms with Crippen molar-refractivity contribution in [3.05, 3.63) is 71.8 Å². The summed E-state index contributed by atoms with van der Waals surface area (Å²) < 4.78 is 28.7. The van der Waals surface area contributed by atoms with E-state index in [0.29, 0.717) is 17.0 Å². The van der Waals surface area contributed by atoms with Gasteiger partial charge < -0.3 is 59.4 Å². The van der Waals surface area contributed by atoms with Crippen LogP contribution in [0.15, 0.2) is 75.7 Å². The number of carbonyl (C=O) groups is 1. The molecule has 8 atom stereocenters. The Morgan fingerprint density at radius 1 is 1.18 bits per heavy atom. The second kappa shape index (κ2) is 12.6. The zero-order valence-electron chi connectivity index (χ0n) is 26.7. The number of aliphatic carboxylic acids is 1. The predicted octanol–water partition coefficient (Wildman–Crippen LogP) is -0.978. The zero-order chi connectivity index (χ0) is 36.2. The summed E-state index contributed by atoms with van der Waals surface area (Å²) in [5.41, 5.74) is -4.05. The molecule has 51 heavy (non-hydrogen) atoms. The topological polar surface area (TPSA) is 267 Å². The number of aliphatic hydroxyl groups is 5. The summed E-state index contributed by atoms with van der Waals surface area (Å²) in [6.45, 7) is -0.0495. The van der Waals surface area contributed by atoms with Crippen molar-refractivity contribution in [1.29, 1.82) is 0 Å². The molecule has 2 aromatic carbocycles. The minimum atomic E-state index is -2.58. The van der Waals surface area contributed by atoms with Crippen LogP contribution in [0, 0.1) is 5.92 Å². The first kappa shape index (κ1) is 33.9. The maximum atomic E-state index is 12.4. The summed E-state index contributed by atoms with van der Waals surface area (Å²) in [5, 5.41) is 82.8. The van der Waals surface area contributed by atoms with Crippen LogP contribution < -0.4 is 24.4 Å². The normalized spacial score (nSPS) is 30.9. The number of amidine groups is 1. The van der Waals surface area contributed by atoms with Gasteiger partial charge in [0.2, 0.25) is 12.0 Å². The number of benzene rings is 2. The SMILES string of the molecule is COc1c(O[C@@H]2O[C@H](C(=O)O)[C@]3(O)[C@@H](C4=NC=NC4)C=C[C@@]2(O)[C@@H]3O)cc2c(c1O)C(O)=CC(c1ccc(OC[C@H](O)C3=NC(=[NH2+])C=C3)cc1)O2. The second-order valence-electron chi connectivity index (χ2n) is 12.3. The maximum Gasteiger partial charge on any atom is 0.336 e. The molecule has 1 aliphatic carbocycles. The van der Waals surface area contributed by atoms with Crippen LogP contribution in [0.25, 0.3) is 5.76 Å². The quantitative estimate of drug-likeness (QED) is 0.138. The Hall–Kier alpha value is -5.59. The number of carboxylic acid groups (broad SMARTS) is 1. The van der Waals surface area contributed by atoms with Crippen LogP contribution in [0.2, 0.25) is 0 Å². The van der Waals surface area contributed by atoms with Crippen LogP contribution in [-0.4, -0.2) is 121 Å². The van der Waals surface area contributed by atoms with E-state index in [2.05, 4.69) is 15.0 Å². The molecule has 9 N–H and O–H groups in total. The van der Waals surface area contributed by atoms with Crippen LogP contribution in [0.4, 0.5) is 0 Å². The van der Waals surface area contributed by atoms with Gasteiger partial charge in [-0.25, -0.2) is 9.79 Å². The number of phenols is 1. The highest BCUT2D eigenvalue weighted by Crippen LogP contribution is 2.53. The van der Waals surface area contributed by atoms with Gasteiger partial charge in [0.15, 0.2) is 35.0 Å². The molecular formula is C34H33N4O13+. The van der Waals surface area contributed by atoms with E-state index >= 15 is 0 Å². The molecule has 1 unspecified atom stereocenters. The van der Waals surface area contributed by atoms with Crippen molar-refractivity contribution in [2.75, 3.05) is 20.3 Å². The summed E-state index contributed by atoms with van der Waals surface area (Å²) in [5.74, 6) is -3.87. The van der Waals surface area contributed by atoms with Gasteiger partial charge >= 0.3 is 11.8 Å². The van der Waals surface area contributed by atoms with Crippen molar-refractivity contribution in [3.63, 3.8) is 0 Å². The average Bonchev–Trinajstić information content (AvgIpc) is 3.79. The van der Waals surface area contributed by atoms with Gasteiger partial charge in [-0.15, -0.1) is 0 Å². The van der Waals surface area contributed by atoms with Gasteiger partial charge in [0.1, 0.15) is 53.6 Å². The van der Waals surface area contributed by atoms with Crippen molar-refractivity contribution < 1.29 is 69.6 Å². The number of nitrogens with zero attached hydrogens (tertiary/aromatic N) is 3. The Kier molecular flexibility index (Phi) is 8.39. The molecule has 0 aromatic heterocycles. The minimum absolute atomic E-state index is 0.0362. The molecule has 7 rings (SSSR count). The molecule has 2 bridgehead atoms. The van der Waals surface area contributed by atoms with Crippen LogP contribution in [0.1, 0.15) is 17.2 Å². The van der Waals surface area contributed by atoms with Gasteiger partial charge in [0.25, 0.3) is 0 Å². The molecule has 2 aromatic rings. The number of carboxylic acids is 1. The van der Waals surface area contributed by atoms with Crippen molar-refractivity contribution >= 4 is 35.3 Å². The van der Waals surface area contributed by atoms with Crippen molar-refractivity contribution in [1.82, 2.24) is 0 Å². The fourth-order valence-corrected chi connectivity index (χ4v) is 6.62. The van der Waals surface area contributed by atoms with Crippen LogP contribution in [0.5, 0.6) is 28.7 Å². The molecule has 4 aliphatic heterocycles. The smallest absolute Gasteiger partial charge is 0.336 e. The summed E-state index contributed by atoms with van der Waals surface area (Å²) >= 11 is 0. The Labute approximate surface area is 288 Å². The lowest BCUT2D eigenvalue weighted by Gasteiger charge is -2.55. The van der Waals surface area contributed by atoms with Crippen molar-refractivity contribution in [3.8, 4) is 28.7 Å². The number of fused-ring (bicyclic) bond motifs is 3. The first-order chi connectivity index (χ1) is 24.3. The molecule has 5 aliphatic rings. The van der Waals surface area contributed by atoms with Crippen LogP contribution in [-0.2, 0) is 9.53 Å². The van der Waals surface area contributed by atoms with Crippen LogP contribution in [0.3, 0.4) is 0 Å². The fraction of sp³-hybridized carbons (Fsp3) is 0.324. The van der Waals surface area contributed by atoms with E-state index in [0.717, 1.165) is 6.08 Å². The number of phenolic OH excluding ortho intramolecular Hbond substituents is 1. The Morgan fingerprint density at radius 3 is 2.59 bits per heavy atom. The van der Waals surface area contributed by atoms with Gasteiger partial charge in [-0.3, -0.25) is 10.4 Å². The standard InChI is InChI=1S/C34H32N4O13/c1-47-28-24(50-32-33(45)9-8-17(19-12-36-14-37-19)34(46,31(33)44)29(51-32)30(42)43)11-23-26(27(28)41)20(39)10-22(49-23)15-2-4-16(5-3-15)48-13-21(40)18-6-7-25(35)38-18/h2-11,14,17,21-22,29,31-32,35,39-41,44-46H,12-13H2,1H3,(H,42,43)/p+1/t17-,21+,22?,29-,31+,32-,33-,34-/m1/s1. The van der Waals surface area contributed by atoms with Crippen molar-refractivity contribution in [2.45, 2.75) is 41.9 Å². The fourth-order valence-electron chi connectivity index (χ4n) is 6.62. The molecule has 0 spiro atoms. The van der Waals surface area contributed by atoms with Crippen molar-refractivity contribution in [2.24, 2.45) is 20.9 Å². The molecule has 1 fully saturated rings. The van der Waals surface area contributed by atoms with Gasteiger partial charge in [0, 0.05) is 18.2 Å². The molecule has 17 nitrogen and oxygen atoms in total. The predicted molar refractivity (Wildman–Crippen MR) is 176 cm³/mol. The summed E-state index contributed by atoms with van der Waals surface area (Å²) in [6, 6.07) is 7.79. The van der Waals surface area contributed by atoms with Gasteiger partial charge in [-0.2, -0.15) is 0 Å². The molecular weight excluding hydrogens is 672 g/mol. The number of ether oxygens (including phenoxy) is 5. The lowest BCUT2D eigenvalue weighted by Crippen LogP contribution is -2.78. The lowest BCUT2D eigenvalue weighted by molar-refractivity contribution is -0.337. The van der Waals surface area contributed by atoms with Crippen LogP contribution >= 0.6 is 0 Å².